The van der Waals surface area contributed by atoms with Crippen molar-refractivity contribution in [1.29, 1.82) is 5.26 Å². The molecule has 1 aliphatic rings. The molecule has 0 unspecified atom stereocenters. The van der Waals surface area contributed by atoms with Crippen LogP contribution in [0.5, 0.6) is 0 Å². The Morgan fingerprint density at radius 3 is 2.36 bits per heavy atom. The van der Waals surface area contributed by atoms with Crippen molar-refractivity contribution in [3.05, 3.63) is 29.8 Å². The van der Waals surface area contributed by atoms with Crippen LogP contribution in [0.15, 0.2) is 29.2 Å². The molecule has 0 bridgehead atoms. The maximum Gasteiger partial charge on any atom is 0.179 e. The molecule has 116 valence electrons. The van der Waals surface area contributed by atoms with E-state index in [4.69, 9.17) is 11.7 Å². The van der Waals surface area contributed by atoms with Crippen molar-refractivity contribution < 1.29 is 8.42 Å². The van der Waals surface area contributed by atoms with Crippen molar-refractivity contribution >= 4 is 9.84 Å². The van der Waals surface area contributed by atoms with E-state index in [9.17, 15) is 8.42 Å². The second-order valence-electron chi connectivity index (χ2n) is 5.74. The Hall–Kier alpha value is -1.86. The average molecular weight is 317 g/mol. The first-order valence-corrected chi connectivity index (χ1v) is 8.59. The molecule has 0 amide bonds. The predicted molar refractivity (Wildman–Crippen MR) is 84.9 cm³/mol. The molecule has 22 heavy (non-hydrogen) atoms. The number of hydrogen-bond acceptors (Lipinski definition) is 5. The van der Waals surface area contributed by atoms with E-state index in [1.165, 1.54) is 24.3 Å². The zero-order chi connectivity index (χ0) is 16.4. The van der Waals surface area contributed by atoms with Gasteiger partial charge in [-0.05, 0) is 38.4 Å². The third-order valence-electron chi connectivity index (χ3n) is 4.11. The molecule has 6 heteroatoms. The second kappa shape index (κ2) is 6.10. The van der Waals surface area contributed by atoms with Crippen molar-refractivity contribution in [3.63, 3.8) is 0 Å². The molecule has 0 aromatic heterocycles. The molecular formula is C16H19N3O2S. The van der Waals surface area contributed by atoms with Gasteiger partial charge in [-0.2, -0.15) is 5.26 Å². The van der Waals surface area contributed by atoms with Crippen molar-refractivity contribution in [2.24, 2.45) is 0 Å². The van der Waals surface area contributed by atoms with Crippen LogP contribution >= 0.6 is 0 Å². The first-order chi connectivity index (χ1) is 10.3. The number of terminal acetylenes is 1. The summed E-state index contributed by atoms with van der Waals surface area (Å²) in [5.74, 6) is 2.84. The maximum absolute atomic E-state index is 12.3. The molecule has 1 fully saturated rings. The molecule has 0 spiro atoms. The van der Waals surface area contributed by atoms with Crippen LogP contribution in [0.25, 0.3) is 0 Å². The minimum atomic E-state index is -3.34. The van der Waals surface area contributed by atoms with Crippen LogP contribution < -0.4 is 0 Å². The molecule has 0 radical (unpaired) electrons. The van der Waals surface area contributed by atoms with Crippen molar-refractivity contribution in [1.82, 2.24) is 9.80 Å². The van der Waals surface area contributed by atoms with Crippen LogP contribution in [-0.2, 0) is 9.84 Å². The van der Waals surface area contributed by atoms with Crippen LogP contribution in [0, 0.1) is 23.7 Å². The summed E-state index contributed by atoms with van der Waals surface area (Å²) >= 11 is 0. The summed E-state index contributed by atoms with van der Waals surface area (Å²) in [7, 11) is 0.533. The number of likely N-dealkylation sites (N-methyl/N-ethyl adjacent to an activating group) is 1. The van der Waals surface area contributed by atoms with Crippen molar-refractivity contribution in [2.45, 2.75) is 10.4 Å². The topological polar surface area (TPSA) is 64.4 Å². The monoisotopic (exact) mass is 317 g/mol. The van der Waals surface area contributed by atoms with Gasteiger partial charge in [0, 0.05) is 19.6 Å². The minimum Gasteiger partial charge on any atom is -0.297 e. The van der Waals surface area contributed by atoms with E-state index < -0.39 is 9.84 Å². The van der Waals surface area contributed by atoms with Crippen molar-refractivity contribution in [3.8, 4) is 18.4 Å². The molecule has 1 aromatic rings. The number of benzene rings is 1. The summed E-state index contributed by atoms with van der Waals surface area (Å²) in [6.45, 7) is 1.82. The van der Waals surface area contributed by atoms with Crippen LogP contribution in [0.2, 0.25) is 0 Å². The zero-order valence-electron chi connectivity index (χ0n) is 12.8. The molecule has 0 atom stereocenters. The van der Waals surface area contributed by atoms with Crippen LogP contribution in [0.4, 0.5) is 0 Å². The van der Waals surface area contributed by atoms with Gasteiger partial charge in [0.05, 0.1) is 22.3 Å². The first kappa shape index (κ1) is 16.5. The number of nitriles is 1. The number of likely N-dealkylation sites (tertiary alicyclic amines) is 1. The summed E-state index contributed by atoms with van der Waals surface area (Å²) in [5, 5.41) is 8.74. The van der Waals surface area contributed by atoms with Crippen molar-refractivity contribution in [2.75, 3.05) is 39.5 Å². The summed E-state index contributed by atoms with van der Waals surface area (Å²) in [6, 6.07) is 7.98. The lowest BCUT2D eigenvalue weighted by molar-refractivity contribution is 0.0180. The fourth-order valence-electron chi connectivity index (χ4n) is 2.46. The zero-order valence-corrected chi connectivity index (χ0v) is 13.6. The predicted octanol–water partition coefficient (Wildman–Crippen LogP) is 0.581. The summed E-state index contributed by atoms with van der Waals surface area (Å²) < 4.78 is 24.6. The normalized spacial score (nSPS) is 17.5. The molecule has 1 aliphatic heterocycles. The van der Waals surface area contributed by atoms with Gasteiger partial charge in [0.1, 0.15) is 5.54 Å². The van der Waals surface area contributed by atoms with E-state index >= 15 is 0 Å². The minimum absolute atomic E-state index is 0.0486. The fraction of sp³-hybridized carbons (Fsp3) is 0.438. The SMILES string of the molecule is C#CC1(N(C)C)CN(CCS(=O)(=O)c2ccc(C#N)cc2)C1. The quantitative estimate of drug-likeness (QED) is 0.744. The lowest BCUT2D eigenvalue weighted by atomic mass is 9.89. The molecule has 0 saturated carbocycles. The van der Waals surface area contributed by atoms with E-state index in [0.717, 1.165) is 0 Å². The smallest absolute Gasteiger partial charge is 0.179 e. The molecule has 0 aliphatic carbocycles. The Morgan fingerprint density at radius 2 is 1.91 bits per heavy atom. The number of rotatable bonds is 5. The Labute approximate surface area is 132 Å². The molecule has 1 aromatic carbocycles. The summed E-state index contributed by atoms with van der Waals surface area (Å²) in [4.78, 5) is 4.29. The van der Waals surface area contributed by atoms with E-state index in [2.05, 4.69) is 5.92 Å². The van der Waals surface area contributed by atoms with Gasteiger partial charge in [-0.15, -0.1) is 6.42 Å². The number of sulfone groups is 1. The van der Waals surface area contributed by atoms with Crippen LogP contribution in [0.3, 0.4) is 0 Å². The Bertz CT molecular complexity index is 718. The number of nitrogens with zero attached hydrogens (tertiary/aromatic N) is 3. The molecule has 0 N–H and O–H groups in total. The highest BCUT2D eigenvalue weighted by atomic mass is 32.2. The van der Waals surface area contributed by atoms with E-state index in [1.807, 2.05) is 30.0 Å². The lowest BCUT2D eigenvalue weighted by Gasteiger charge is -2.50. The van der Waals surface area contributed by atoms with Gasteiger partial charge in [-0.3, -0.25) is 9.80 Å². The highest BCUT2D eigenvalue weighted by molar-refractivity contribution is 7.91. The fourth-order valence-corrected chi connectivity index (χ4v) is 3.74. The first-order valence-electron chi connectivity index (χ1n) is 6.93. The Morgan fingerprint density at radius 1 is 1.32 bits per heavy atom. The van der Waals surface area contributed by atoms with Gasteiger partial charge in [0.2, 0.25) is 0 Å². The second-order valence-corrected chi connectivity index (χ2v) is 7.85. The summed E-state index contributed by atoms with van der Waals surface area (Å²) in [5.41, 5.74) is 0.171. The molecule has 5 nitrogen and oxygen atoms in total. The molecule has 1 heterocycles. The van der Waals surface area contributed by atoms with Gasteiger partial charge < -0.3 is 0 Å². The highest BCUT2D eigenvalue weighted by Crippen LogP contribution is 2.25. The standard InChI is InChI=1S/C16H19N3O2S/c1-4-16(18(2)3)12-19(13-16)9-10-22(20,21)15-7-5-14(11-17)6-8-15/h1,5-8H,9-10,12-13H2,2-3H3. The largest absolute Gasteiger partial charge is 0.297 e. The van der Waals surface area contributed by atoms with E-state index in [1.54, 1.807) is 0 Å². The maximum atomic E-state index is 12.3. The van der Waals surface area contributed by atoms with E-state index in [0.29, 0.717) is 25.2 Å². The van der Waals surface area contributed by atoms with Gasteiger partial charge >= 0.3 is 0 Å². The Balaban J connectivity index is 1.95. The lowest BCUT2D eigenvalue weighted by Crippen LogP contribution is -2.68. The van der Waals surface area contributed by atoms with Gasteiger partial charge in [0.25, 0.3) is 0 Å². The van der Waals surface area contributed by atoms with Crippen LogP contribution in [-0.4, -0.2) is 63.2 Å². The van der Waals surface area contributed by atoms with Gasteiger partial charge in [-0.1, -0.05) is 5.92 Å². The van der Waals surface area contributed by atoms with E-state index in [-0.39, 0.29) is 16.2 Å². The van der Waals surface area contributed by atoms with Crippen LogP contribution in [0.1, 0.15) is 5.56 Å². The van der Waals surface area contributed by atoms with Gasteiger partial charge in [-0.25, -0.2) is 8.42 Å². The number of hydrogen-bond donors (Lipinski definition) is 0. The Kier molecular flexibility index (Phi) is 4.58. The average Bonchev–Trinajstić information content (AvgIpc) is 2.46. The van der Waals surface area contributed by atoms with Gasteiger partial charge in [0.15, 0.2) is 9.84 Å². The third kappa shape index (κ3) is 3.15. The summed E-state index contributed by atoms with van der Waals surface area (Å²) in [6.07, 6.45) is 5.57. The molecular weight excluding hydrogens is 298 g/mol. The molecule has 1 saturated heterocycles. The molecule has 2 rings (SSSR count). The third-order valence-corrected chi connectivity index (χ3v) is 5.82. The highest BCUT2D eigenvalue weighted by Gasteiger charge is 2.43.